The van der Waals surface area contributed by atoms with Crippen molar-refractivity contribution in [3.05, 3.63) is 0 Å². The van der Waals surface area contributed by atoms with Gasteiger partial charge in [0.25, 0.3) is 0 Å². The predicted octanol–water partition coefficient (Wildman–Crippen LogP) is 0.839. The zero-order valence-corrected chi connectivity index (χ0v) is 6.24. The minimum atomic E-state index is 0. The maximum Gasteiger partial charge on any atom is 0 e. The molecule has 0 aliphatic heterocycles. The maximum absolute atomic E-state index is 0. The van der Waals surface area contributed by atoms with Gasteiger partial charge in [-0.15, -0.1) is 24.8 Å². The second-order valence-corrected chi connectivity index (χ2v) is 0. The van der Waals surface area contributed by atoms with Crippen molar-refractivity contribution >= 4 is 24.8 Å². The second-order valence-electron chi connectivity index (χ2n) is 0. The standard InChI is InChI=1S/2ClH.Co.Mo/h2*1H;;. The van der Waals surface area contributed by atoms with Crippen molar-refractivity contribution in [2.75, 3.05) is 0 Å². The minimum absolute atomic E-state index is 0. The summed E-state index contributed by atoms with van der Waals surface area (Å²) >= 11 is 0. The van der Waals surface area contributed by atoms with Crippen LogP contribution in [0.15, 0.2) is 0 Å². The number of rotatable bonds is 0. The van der Waals surface area contributed by atoms with Crippen LogP contribution in [0.5, 0.6) is 0 Å². The Morgan fingerprint density at radius 1 is 0.750 bits per heavy atom. The molecule has 0 spiro atoms. The molecule has 4 heteroatoms. The van der Waals surface area contributed by atoms with Gasteiger partial charge >= 0.3 is 0 Å². The average Bonchev–Trinajstić information content (AvgIpc) is 0. The molecule has 0 N–H and O–H groups in total. The topological polar surface area (TPSA) is 0 Å². The van der Waals surface area contributed by atoms with Crippen molar-refractivity contribution in [1.29, 1.82) is 0 Å². The van der Waals surface area contributed by atoms with Gasteiger partial charge in [0.05, 0.1) is 0 Å². The molecule has 31 valence electrons. The molecule has 0 amide bonds. The van der Waals surface area contributed by atoms with E-state index in [0.717, 1.165) is 0 Å². The molecular weight excluding hydrogens is 226 g/mol. The van der Waals surface area contributed by atoms with E-state index in [4.69, 9.17) is 0 Å². The van der Waals surface area contributed by atoms with E-state index in [1.807, 2.05) is 0 Å². The summed E-state index contributed by atoms with van der Waals surface area (Å²) in [5.74, 6) is 0. The Balaban J connectivity index is 0. The molecule has 0 unspecified atom stereocenters. The molecule has 0 aliphatic carbocycles. The Labute approximate surface area is 62.4 Å². The van der Waals surface area contributed by atoms with Crippen molar-refractivity contribution in [2.45, 2.75) is 0 Å². The van der Waals surface area contributed by atoms with Gasteiger partial charge in [-0.25, -0.2) is 0 Å². The van der Waals surface area contributed by atoms with Crippen LogP contribution in [-0.2, 0) is 37.8 Å². The van der Waals surface area contributed by atoms with Gasteiger partial charge in [-0.3, -0.25) is 0 Å². The summed E-state index contributed by atoms with van der Waals surface area (Å²) in [6, 6.07) is 0. The zero-order valence-electron chi connectivity index (χ0n) is 1.56. The fourth-order valence-electron chi connectivity index (χ4n) is 0. The summed E-state index contributed by atoms with van der Waals surface area (Å²) in [6.07, 6.45) is 0. The fourth-order valence-corrected chi connectivity index (χ4v) is 0. The first-order chi connectivity index (χ1) is 0. The molecule has 0 fully saturated rings. The van der Waals surface area contributed by atoms with Crippen LogP contribution in [-0.4, -0.2) is 0 Å². The molecule has 4 heavy (non-hydrogen) atoms. The smallest absolute Gasteiger partial charge is 0 e. The van der Waals surface area contributed by atoms with E-state index in [-0.39, 0.29) is 62.7 Å². The molecule has 0 heterocycles. The van der Waals surface area contributed by atoms with Crippen molar-refractivity contribution in [3.63, 3.8) is 0 Å². The molecule has 0 nitrogen and oxygen atoms in total. The van der Waals surface area contributed by atoms with Crippen molar-refractivity contribution < 1.29 is 37.8 Å². The molecule has 0 saturated carbocycles. The molecular formula is H2Cl2CoMo. The van der Waals surface area contributed by atoms with Gasteiger partial charge in [-0.2, -0.15) is 0 Å². The van der Waals surface area contributed by atoms with E-state index < -0.39 is 0 Å². The Morgan fingerprint density at radius 3 is 0.750 bits per heavy atom. The summed E-state index contributed by atoms with van der Waals surface area (Å²) in [5.41, 5.74) is 0. The van der Waals surface area contributed by atoms with E-state index in [2.05, 4.69) is 0 Å². The third-order valence-corrected chi connectivity index (χ3v) is 0. The average molecular weight is 228 g/mol. The Hall–Kier alpha value is 1.77. The van der Waals surface area contributed by atoms with Crippen LogP contribution in [0.25, 0.3) is 0 Å². The molecule has 0 aromatic heterocycles. The van der Waals surface area contributed by atoms with Crippen LogP contribution in [0.3, 0.4) is 0 Å². The van der Waals surface area contributed by atoms with Crippen LogP contribution in [0.2, 0.25) is 0 Å². The second kappa shape index (κ2) is 21.6. The summed E-state index contributed by atoms with van der Waals surface area (Å²) < 4.78 is 0. The van der Waals surface area contributed by atoms with Crippen LogP contribution >= 0.6 is 24.8 Å². The van der Waals surface area contributed by atoms with Crippen molar-refractivity contribution in [3.8, 4) is 0 Å². The molecule has 0 aliphatic rings. The third-order valence-electron chi connectivity index (χ3n) is 0. The summed E-state index contributed by atoms with van der Waals surface area (Å²) in [6.45, 7) is 0. The Bertz CT molecular complexity index is 6.00. The Morgan fingerprint density at radius 2 is 0.750 bits per heavy atom. The van der Waals surface area contributed by atoms with Gasteiger partial charge in [-0.05, 0) is 0 Å². The van der Waals surface area contributed by atoms with Gasteiger partial charge in [0.2, 0.25) is 0 Å². The first-order valence-corrected chi connectivity index (χ1v) is 0. The van der Waals surface area contributed by atoms with Crippen LogP contribution in [0.4, 0.5) is 0 Å². The molecule has 0 aromatic carbocycles. The molecule has 0 saturated heterocycles. The largest absolute Gasteiger partial charge is 0.147 e. The third kappa shape index (κ3) is 9.23. The predicted molar refractivity (Wildman–Crippen MR) is 14.5 cm³/mol. The normalized spacial score (nSPS) is 0. The van der Waals surface area contributed by atoms with E-state index in [9.17, 15) is 0 Å². The van der Waals surface area contributed by atoms with E-state index in [1.165, 1.54) is 0 Å². The quantitative estimate of drug-likeness (QED) is 0.538. The van der Waals surface area contributed by atoms with Crippen LogP contribution in [0.1, 0.15) is 0 Å². The molecule has 0 bridgehead atoms. The van der Waals surface area contributed by atoms with Gasteiger partial charge < -0.3 is 0 Å². The first-order valence-electron chi connectivity index (χ1n) is 0. The maximum atomic E-state index is 0. The molecule has 0 rings (SSSR count). The fraction of sp³-hybridized carbons (Fsp3) is 0. The van der Waals surface area contributed by atoms with Gasteiger partial charge in [0, 0.05) is 37.8 Å². The monoisotopic (exact) mass is 229 g/mol. The van der Waals surface area contributed by atoms with E-state index in [1.54, 1.807) is 0 Å². The number of hydrogen-bond acceptors (Lipinski definition) is 0. The van der Waals surface area contributed by atoms with Gasteiger partial charge in [0.1, 0.15) is 0 Å². The van der Waals surface area contributed by atoms with Crippen LogP contribution in [0, 0.1) is 0 Å². The molecule has 0 atom stereocenters. The first kappa shape index (κ1) is 41.8. The van der Waals surface area contributed by atoms with Gasteiger partial charge in [-0.1, -0.05) is 0 Å². The molecule has 1 radical (unpaired) electrons. The van der Waals surface area contributed by atoms with E-state index >= 15 is 0 Å². The van der Waals surface area contributed by atoms with Gasteiger partial charge in [0.15, 0.2) is 0 Å². The zero-order chi connectivity index (χ0) is 0. The minimum Gasteiger partial charge on any atom is -0.147 e. The molecule has 0 aromatic rings. The van der Waals surface area contributed by atoms with Crippen molar-refractivity contribution in [2.24, 2.45) is 0 Å². The number of hydrogen-bond donors (Lipinski definition) is 0. The Kier molecular flexibility index (Phi) is 226. The summed E-state index contributed by atoms with van der Waals surface area (Å²) in [5, 5.41) is 0. The summed E-state index contributed by atoms with van der Waals surface area (Å²) in [7, 11) is 0. The summed E-state index contributed by atoms with van der Waals surface area (Å²) in [4.78, 5) is 0. The van der Waals surface area contributed by atoms with Crippen LogP contribution < -0.4 is 0 Å². The van der Waals surface area contributed by atoms with E-state index in [0.29, 0.717) is 0 Å². The number of halogens is 2. The SMILES string of the molecule is Cl.Cl.[Co].[Mo]. The van der Waals surface area contributed by atoms with Crippen molar-refractivity contribution in [1.82, 2.24) is 0 Å².